The largest absolute Gasteiger partial charge is 0.497 e. The van der Waals surface area contributed by atoms with E-state index in [1.54, 1.807) is 7.11 Å². The van der Waals surface area contributed by atoms with Crippen molar-refractivity contribution in [3.05, 3.63) is 29.3 Å². The molecule has 0 saturated carbocycles. The number of hydrogen-bond donors (Lipinski definition) is 0. The van der Waals surface area contributed by atoms with E-state index < -0.39 is 0 Å². The second-order valence-corrected chi connectivity index (χ2v) is 5.02. The van der Waals surface area contributed by atoms with Crippen LogP contribution in [0.5, 0.6) is 5.75 Å². The first-order chi connectivity index (χ1) is 6.63. The molecule has 1 aromatic rings. The molecule has 0 bridgehead atoms. The van der Waals surface area contributed by atoms with Gasteiger partial charge in [-0.2, -0.15) is 4.18 Å². The van der Waals surface area contributed by atoms with Gasteiger partial charge in [0.1, 0.15) is 36.0 Å². The van der Waals surface area contributed by atoms with E-state index in [9.17, 15) is 0 Å². The summed E-state index contributed by atoms with van der Waals surface area (Å²) in [4.78, 5) is 0. The Labute approximate surface area is 88.8 Å². The zero-order chi connectivity index (χ0) is 10.6. The second-order valence-electron chi connectivity index (χ2n) is 3.30. The number of benzene rings is 1. The molecule has 0 heterocycles. The van der Waals surface area contributed by atoms with Crippen molar-refractivity contribution < 1.29 is 8.92 Å². The Bertz CT molecular complexity index is 297. The van der Waals surface area contributed by atoms with Crippen molar-refractivity contribution in [1.29, 1.82) is 0 Å². The summed E-state index contributed by atoms with van der Waals surface area (Å²) in [5.41, 5.74) is 2.45. The minimum Gasteiger partial charge on any atom is -0.497 e. The molecule has 1 rings (SSSR count). The third kappa shape index (κ3) is 3.24. The third-order valence-corrected chi connectivity index (χ3v) is 2.59. The van der Waals surface area contributed by atoms with Crippen LogP contribution in [-0.2, 0) is 22.0 Å². The molecule has 0 unspecified atom stereocenters. The Balaban J connectivity index is 2.69. The van der Waals surface area contributed by atoms with Crippen LogP contribution in [0.4, 0.5) is 0 Å². The minimum atomic E-state index is 0.0373. The summed E-state index contributed by atoms with van der Waals surface area (Å²) in [6.07, 6.45) is 4.14. The lowest BCUT2D eigenvalue weighted by Crippen LogP contribution is -2.02. The average molecular weight is 213 g/mol. The Morgan fingerprint density at radius 3 is 2.50 bits per heavy atom. The van der Waals surface area contributed by atoms with Gasteiger partial charge in [-0.3, -0.25) is 0 Å². The van der Waals surface area contributed by atoms with Crippen LogP contribution in [0.25, 0.3) is 0 Å². The standard InChI is InChI=1S/C11H17O2S/c1-9-7-11(12-2)6-5-10(9)8-13-14(3)4/h5-7H,8H2,1-4H3/q+1. The summed E-state index contributed by atoms with van der Waals surface area (Å²) < 4.78 is 10.7. The van der Waals surface area contributed by atoms with Gasteiger partial charge in [0.05, 0.1) is 7.11 Å². The van der Waals surface area contributed by atoms with Gasteiger partial charge in [0, 0.05) is 0 Å². The van der Waals surface area contributed by atoms with E-state index in [1.807, 2.05) is 12.1 Å². The quantitative estimate of drug-likeness (QED) is 0.715. The lowest BCUT2D eigenvalue weighted by molar-refractivity contribution is 0.353. The molecule has 0 N–H and O–H groups in total. The molecule has 0 radical (unpaired) electrons. The second kappa shape index (κ2) is 5.27. The highest BCUT2D eigenvalue weighted by molar-refractivity contribution is 7.90. The van der Waals surface area contributed by atoms with Gasteiger partial charge >= 0.3 is 0 Å². The van der Waals surface area contributed by atoms with Gasteiger partial charge in [-0.15, -0.1) is 0 Å². The highest BCUT2D eigenvalue weighted by Crippen LogP contribution is 2.17. The summed E-state index contributed by atoms with van der Waals surface area (Å²) in [6.45, 7) is 2.76. The molecule has 2 nitrogen and oxygen atoms in total. The summed E-state index contributed by atoms with van der Waals surface area (Å²) in [7, 11) is 1.68. The first kappa shape index (κ1) is 11.4. The molecule has 0 spiro atoms. The van der Waals surface area contributed by atoms with Gasteiger partial charge in [0.25, 0.3) is 0 Å². The molecule has 3 heteroatoms. The molecule has 0 fully saturated rings. The maximum absolute atomic E-state index is 5.57. The molecule has 0 atom stereocenters. The first-order valence-corrected chi connectivity index (χ1v) is 6.44. The van der Waals surface area contributed by atoms with Crippen molar-refractivity contribution in [3.8, 4) is 5.75 Å². The molecule has 1 aromatic carbocycles. The van der Waals surface area contributed by atoms with Crippen LogP contribution in [0.2, 0.25) is 0 Å². The van der Waals surface area contributed by atoms with E-state index >= 15 is 0 Å². The Morgan fingerprint density at radius 2 is 2.00 bits per heavy atom. The zero-order valence-electron chi connectivity index (χ0n) is 9.16. The number of aryl methyl sites for hydroxylation is 1. The van der Waals surface area contributed by atoms with Gasteiger partial charge in [0.2, 0.25) is 0 Å². The normalized spacial score (nSPS) is 10.6. The van der Waals surface area contributed by atoms with Crippen LogP contribution in [0.1, 0.15) is 11.1 Å². The summed E-state index contributed by atoms with van der Waals surface area (Å²) in [6, 6.07) is 6.05. The molecule has 0 aliphatic rings. The van der Waals surface area contributed by atoms with Crippen molar-refractivity contribution in [2.75, 3.05) is 19.6 Å². The number of hydrogen-bond acceptors (Lipinski definition) is 2. The van der Waals surface area contributed by atoms with Crippen LogP contribution in [0.3, 0.4) is 0 Å². The molecular weight excluding hydrogens is 196 g/mol. The fraction of sp³-hybridized carbons (Fsp3) is 0.455. The first-order valence-electron chi connectivity index (χ1n) is 4.48. The summed E-state index contributed by atoms with van der Waals surface area (Å²) in [5, 5.41) is 0. The smallest absolute Gasteiger partial charge is 0.141 e. The zero-order valence-corrected chi connectivity index (χ0v) is 9.98. The maximum Gasteiger partial charge on any atom is 0.141 e. The maximum atomic E-state index is 5.57. The van der Waals surface area contributed by atoms with Crippen molar-refractivity contribution >= 4 is 11.2 Å². The fourth-order valence-electron chi connectivity index (χ4n) is 1.14. The van der Waals surface area contributed by atoms with Crippen molar-refractivity contribution in [2.24, 2.45) is 0 Å². The van der Waals surface area contributed by atoms with Gasteiger partial charge in [-0.05, 0) is 30.2 Å². The lowest BCUT2D eigenvalue weighted by Gasteiger charge is -2.06. The molecule has 0 aliphatic carbocycles. The van der Waals surface area contributed by atoms with Crippen LogP contribution >= 0.6 is 0 Å². The van der Waals surface area contributed by atoms with Gasteiger partial charge in [-0.1, -0.05) is 6.07 Å². The highest BCUT2D eigenvalue weighted by atomic mass is 32.2. The Morgan fingerprint density at radius 1 is 1.29 bits per heavy atom. The molecule has 0 amide bonds. The third-order valence-electron chi connectivity index (χ3n) is 2.00. The predicted octanol–water partition coefficient (Wildman–Crippen LogP) is 2.31. The topological polar surface area (TPSA) is 18.5 Å². The van der Waals surface area contributed by atoms with E-state index in [2.05, 4.69) is 25.5 Å². The molecule has 14 heavy (non-hydrogen) atoms. The Kier molecular flexibility index (Phi) is 4.29. The minimum absolute atomic E-state index is 0.0373. The van der Waals surface area contributed by atoms with Crippen LogP contribution < -0.4 is 4.74 Å². The van der Waals surface area contributed by atoms with Gasteiger partial charge in [-0.25, -0.2) is 0 Å². The average Bonchev–Trinajstić information content (AvgIpc) is 2.15. The number of rotatable bonds is 4. The number of ether oxygens (including phenoxy) is 1. The Hall–Kier alpha value is -0.670. The highest BCUT2D eigenvalue weighted by Gasteiger charge is 2.06. The summed E-state index contributed by atoms with van der Waals surface area (Å²) >= 11 is 0.0373. The molecular formula is C11H17O2S+. The fourth-order valence-corrected chi connectivity index (χ4v) is 1.50. The molecule has 0 saturated heterocycles. The lowest BCUT2D eigenvalue weighted by atomic mass is 10.1. The van der Waals surface area contributed by atoms with Crippen molar-refractivity contribution in [2.45, 2.75) is 13.5 Å². The van der Waals surface area contributed by atoms with E-state index in [0.717, 1.165) is 5.75 Å². The number of methoxy groups -OCH3 is 1. The predicted molar refractivity (Wildman–Crippen MR) is 61.7 cm³/mol. The van der Waals surface area contributed by atoms with Gasteiger partial charge < -0.3 is 4.74 Å². The van der Waals surface area contributed by atoms with Crippen molar-refractivity contribution in [3.63, 3.8) is 0 Å². The van der Waals surface area contributed by atoms with E-state index in [4.69, 9.17) is 8.92 Å². The van der Waals surface area contributed by atoms with Gasteiger partial charge in [0.15, 0.2) is 0 Å². The molecule has 78 valence electrons. The molecule has 0 aromatic heterocycles. The van der Waals surface area contributed by atoms with Crippen LogP contribution in [0.15, 0.2) is 18.2 Å². The molecule has 0 aliphatic heterocycles. The van der Waals surface area contributed by atoms with E-state index in [0.29, 0.717) is 6.61 Å². The van der Waals surface area contributed by atoms with E-state index in [1.165, 1.54) is 11.1 Å². The van der Waals surface area contributed by atoms with Crippen LogP contribution in [-0.4, -0.2) is 19.6 Å². The van der Waals surface area contributed by atoms with Crippen molar-refractivity contribution in [1.82, 2.24) is 0 Å². The SMILES string of the molecule is COc1ccc(CO[S+](C)C)c(C)c1. The summed E-state index contributed by atoms with van der Waals surface area (Å²) in [5.74, 6) is 0.901. The van der Waals surface area contributed by atoms with E-state index in [-0.39, 0.29) is 11.2 Å². The monoisotopic (exact) mass is 213 g/mol. The van der Waals surface area contributed by atoms with Crippen LogP contribution in [0, 0.1) is 6.92 Å².